The van der Waals surface area contributed by atoms with Gasteiger partial charge in [0.1, 0.15) is 29.1 Å². The number of thiophene rings is 1. The van der Waals surface area contributed by atoms with E-state index in [4.69, 9.17) is 0 Å². The third-order valence-corrected chi connectivity index (χ3v) is 5.97. The summed E-state index contributed by atoms with van der Waals surface area (Å²) in [7, 11) is 0. The topological polar surface area (TPSA) is 59.7 Å². The van der Waals surface area contributed by atoms with Gasteiger partial charge in [0.2, 0.25) is 0 Å². The molecule has 4 heterocycles. The van der Waals surface area contributed by atoms with Gasteiger partial charge in [0.25, 0.3) is 0 Å². The van der Waals surface area contributed by atoms with Crippen molar-refractivity contribution in [1.82, 2.24) is 24.7 Å². The summed E-state index contributed by atoms with van der Waals surface area (Å²) < 4.78 is 2.16. The van der Waals surface area contributed by atoms with E-state index in [1.165, 1.54) is 10.3 Å². The average molecular weight is 342 g/mol. The zero-order valence-corrected chi connectivity index (χ0v) is 15.0. The summed E-state index contributed by atoms with van der Waals surface area (Å²) in [6.07, 6.45) is 6.89. The first-order chi connectivity index (χ1) is 11.8. The van der Waals surface area contributed by atoms with E-state index in [1.54, 1.807) is 17.7 Å². The van der Waals surface area contributed by atoms with E-state index in [0.29, 0.717) is 5.92 Å². The average Bonchev–Trinajstić information content (AvgIpc) is 3.27. The van der Waals surface area contributed by atoms with E-state index >= 15 is 0 Å². The van der Waals surface area contributed by atoms with Gasteiger partial charge in [-0.25, -0.2) is 9.97 Å². The Hall–Kier alpha value is -2.02. The fourth-order valence-corrected chi connectivity index (χ4v) is 4.45. The first kappa shape index (κ1) is 15.5. The SMILES string of the molecule is CCc1cc2c(N3CCCC(c4nncn4CC)C3)ncnc2s1. The maximum Gasteiger partial charge on any atom is 0.140 e. The van der Waals surface area contributed by atoms with Gasteiger partial charge in [-0.15, -0.1) is 21.5 Å². The standard InChI is InChI=1S/C17H22N6S/c1-3-13-8-14-16(18-10-19-17(14)24-13)23-7-5-6-12(9-23)15-21-20-11-22(15)4-2/h8,10-12H,3-7,9H2,1-2H3. The number of aromatic nitrogens is 5. The van der Waals surface area contributed by atoms with Crippen molar-refractivity contribution in [2.75, 3.05) is 18.0 Å². The van der Waals surface area contributed by atoms with Gasteiger partial charge in [-0.3, -0.25) is 0 Å². The highest BCUT2D eigenvalue weighted by Gasteiger charge is 2.27. The third kappa shape index (κ3) is 2.66. The minimum atomic E-state index is 0.412. The van der Waals surface area contributed by atoms with Crippen LogP contribution in [0.4, 0.5) is 5.82 Å². The molecule has 0 saturated carbocycles. The highest BCUT2D eigenvalue weighted by atomic mass is 32.1. The van der Waals surface area contributed by atoms with E-state index in [2.05, 4.69) is 49.5 Å². The Morgan fingerprint density at radius 2 is 2.21 bits per heavy atom. The lowest BCUT2D eigenvalue weighted by atomic mass is 9.97. The lowest BCUT2D eigenvalue weighted by Crippen LogP contribution is -2.36. The van der Waals surface area contributed by atoms with E-state index in [0.717, 1.165) is 55.4 Å². The predicted molar refractivity (Wildman–Crippen MR) is 96.7 cm³/mol. The van der Waals surface area contributed by atoms with Crippen LogP contribution in [-0.2, 0) is 13.0 Å². The lowest BCUT2D eigenvalue weighted by molar-refractivity contribution is 0.471. The Morgan fingerprint density at radius 1 is 1.29 bits per heavy atom. The molecule has 3 aromatic heterocycles. The Bertz CT molecular complexity index is 839. The number of hydrogen-bond acceptors (Lipinski definition) is 6. The zero-order chi connectivity index (χ0) is 16.5. The minimum Gasteiger partial charge on any atom is -0.355 e. The highest BCUT2D eigenvalue weighted by Crippen LogP contribution is 2.34. The molecule has 1 unspecified atom stereocenters. The molecule has 0 aliphatic carbocycles. The molecule has 0 N–H and O–H groups in total. The first-order valence-electron chi connectivity index (χ1n) is 8.66. The normalized spacial score (nSPS) is 18.4. The van der Waals surface area contributed by atoms with Crippen LogP contribution in [0.25, 0.3) is 10.2 Å². The number of anilines is 1. The number of aryl methyl sites for hydroxylation is 2. The molecule has 1 atom stereocenters. The molecular weight excluding hydrogens is 320 g/mol. The second-order valence-electron chi connectivity index (χ2n) is 6.24. The molecule has 1 aliphatic heterocycles. The molecule has 0 bridgehead atoms. The van der Waals surface area contributed by atoms with Crippen LogP contribution in [-0.4, -0.2) is 37.8 Å². The van der Waals surface area contributed by atoms with Gasteiger partial charge in [-0.05, 0) is 32.3 Å². The molecule has 126 valence electrons. The third-order valence-electron chi connectivity index (χ3n) is 4.78. The fraction of sp³-hybridized carbons (Fsp3) is 0.529. The molecule has 6 nitrogen and oxygen atoms in total. The smallest absolute Gasteiger partial charge is 0.140 e. The summed E-state index contributed by atoms with van der Waals surface area (Å²) in [6, 6.07) is 2.26. The molecule has 0 radical (unpaired) electrons. The largest absolute Gasteiger partial charge is 0.355 e. The van der Waals surface area contributed by atoms with Crippen LogP contribution in [0.3, 0.4) is 0 Å². The highest BCUT2D eigenvalue weighted by molar-refractivity contribution is 7.18. The summed E-state index contributed by atoms with van der Waals surface area (Å²) in [5.41, 5.74) is 0. The minimum absolute atomic E-state index is 0.412. The van der Waals surface area contributed by atoms with Crippen molar-refractivity contribution in [1.29, 1.82) is 0 Å². The maximum atomic E-state index is 4.62. The van der Waals surface area contributed by atoms with E-state index in [9.17, 15) is 0 Å². The fourth-order valence-electron chi connectivity index (χ4n) is 3.52. The molecular formula is C17H22N6S. The van der Waals surface area contributed by atoms with Crippen molar-refractivity contribution >= 4 is 27.4 Å². The van der Waals surface area contributed by atoms with Gasteiger partial charge >= 0.3 is 0 Å². The van der Waals surface area contributed by atoms with Gasteiger partial charge < -0.3 is 9.47 Å². The molecule has 1 fully saturated rings. The summed E-state index contributed by atoms with van der Waals surface area (Å²) in [5, 5.41) is 9.67. The molecule has 4 rings (SSSR count). The Labute approximate surface area is 145 Å². The molecule has 0 spiro atoms. The molecule has 24 heavy (non-hydrogen) atoms. The summed E-state index contributed by atoms with van der Waals surface area (Å²) in [4.78, 5) is 13.9. The van der Waals surface area contributed by atoms with Crippen LogP contribution >= 0.6 is 11.3 Å². The van der Waals surface area contributed by atoms with Crippen molar-refractivity contribution in [2.45, 2.75) is 45.6 Å². The van der Waals surface area contributed by atoms with Crippen molar-refractivity contribution in [3.63, 3.8) is 0 Å². The van der Waals surface area contributed by atoms with E-state index in [1.807, 2.05) is 6.33 Å². The van der Waals surface area contributed by atoms with Gasteiger partial charge in [0.05, 0.1) is 5.39 Å². The van der Waals surface area contributed by atoms with Crippen LogP contribution < -0.4 is 4.90 Å². The molecule has 1 saturated heterocycles. The molecule has 0 amide bonds. The lowest BCUT2D eigenvalue weighted by Gasteiger charge is -2.33. The predicted octanol–water partition coefficient (Wildman–Crippen LogP) is 3.25. The van der Waals surface area contributed by atoms with Gasteiger partial charge in [0.15, 0.2) is 0 Å². The number of rotatable bonds is 4. The second-order valence-corrected chi connectivity index (χ2v) is 7.36. The van der Waals surface area contributed by atoms with Crippen LogP contribution in [0.2, 0.25) is 0 Å². The first-order valence-corrected chi connectivity index (χ1v) is 9.47. The van der Waals surface area contributed by atoms with Crippen LogP contribution in [0.1, 0.15) is 43.3 Å². The molecule has 0 aromatic carbocycles. The quantitative estimate of drug-likeness (QED) is 0.728. The van der Waals surface area contributed by atoms with Crippen molar-refractivity contribution in [3.05, 3.63) is 29.4 Å². The van der Waals surface area contributed by atoms with Crippen molar-refractivity contribution in [3.8, 4) is 0 Å². The summed E-state index contributed by atoms with van der Waals surface area (Å²) in [6.45, 7) is 7.23. The Morgan fingerprint density at radius 3 is 3.04 bits per heavy atom. The monoisotopic (exact) mass is 342 g/mol. The second kappa shape index (κ2) is 6.47. The number of hydrogen-bond donors (Lipinski definition) is 0. The zero-order valence-electron chi connectivity index (χ0n) is 14.1. The number of piperidine rings is 1. The molecule has 7 heteroatoms. The van der Waals surface area contributed by atoms with E-state index in [-0.39, 0.29) is 0 Å². The van der Waals surface area contributed by atoms with Gasteiger partial charge in [-0.2, -0.15) is 0 Å². The van der Waals surface area contributed by atoms with E-state index < -0.39 is 0 Å². The number of nitrogens with zero attached hydrogens (tertiary/aromatic N) is 6. The summed E-state index contributed by atoms with van der Waals surface area (Å²) >= 11 is 1.78. The van der Waals surface area contributed by atoms with Crippen LogP contribution in [0.15, 0.2) is 18.7 Å². The summed E-state index contributed by atoms with van der Waals surface area (Å²) in [5.74, 6) is 2.59. The molecule has 1 aliphatic rings. The van der Waals surface area contributed by atoms with Crippen molar-refractivity contribution in [2.24, 2.45) is 0 Å². The van der Waals surface area contributed by atoms with Crippen molar-refractivity contribution < 1.29 is 0 Å². The maximum absolute atomic E-state index is 4.62. The van der Waals surface area contributed by atoms with Crippen LogP contribution in [0, 0.1) is 0 Å². The van der Waals surface area contributed by atoms with Gasteiger partial charge in [0, 0.05) is 30.4 Å². The molecule has 3 aromatic rings. The number of fused-ring (bicyclic) bond motifs is 1. The Balaban J connectivity index is 1.66. The van der Waals surface area contributed by atoms with Gasteiger partial charge in [-0.1, -0.05) is 6.92 Å². The van der Waals surface area contributed by atoms with Crippen LogP contribution in [0.5, 0.6) is 0 Å². The Kier molecular flexibility index (Phi) is 4.18.